The summed E-state index contributed by atoms with van der Waals surface area (Å²) >= 11 is 0. The van der Waals surface area contributed by atoms with Gasteiger partial charge in [0.2, 0.25) is 0 Å². The first-order valence-corrected chi connectivity index (χ1v) is 5.72. The van der Waals surface area contributed by atoms with Gasteiger partial charge < -0.3 is 15.3 Å². The second-order valence-electron chi connectivity index (χ2n) is 4.11. The molecule has 0 bridgehead atoms. The van der Waals surface area contributed by atoms with E-state index in [9.17, 15) is 14.7 Å². The van der Waals surface area contributed by atoms with Gasteiger partial charge in [0.1, 0.15) is 5.56 Å². The van der Waals surface area contributed by atoms with Crippen molar-refractivity contribution in [2.24, 2.45) is 0 Å². The molecule has 0 spiro atoms. The van der Waals surface area contributed by atoms with E-state index in [1.54, 1.807) is 24.3 Å². The molecule has 0 radical (unpaired) electrons. The number of aromatic nitrogens is 1. The third kappa shape index (κ3) is 2.59. The van der Waals surface area contributed by atoms with E-state index in [0.717, 1.165) is 11.8 Å². The van der Waals surface area contributed by atoms with Gasteiger partial charge in [-0.15, -0.1) is 0 Å². The number of aromatic carboxylic acids is 2. The van der Waals surface area contributed by atoms with Crippen molar-refractivity contribution in [2.45, 2.75) is 6.42 Å². The van der Waals surface area contributed by atoms with E-state index in [1.165, 1.54) is 0 Å². The van der Waals surface area contributed by atoms with Gasteiger partial charge in [-0.25, -0.2) is 9.59 Å². The number of aromatic hydroxyl groups is 1. The summed E-state index contributed by atoms with van der Waals surface area (Å²) in [6.45, 7) is 0. The van der Waals surface area contributed by atoms with E-state index in [0.29, 0.717) is 0 Å². The summed E-state index contributed by atoms with van der Waals surface area (Å²) in [5, 5.41) is 27.9. The third-order valence-electron chi connectivity index (χ3n) is 2.79. The van der Waals surface area contributed by atoms with E-state index < -0.39 is 28.8 Å². The maximum absolute atomic E-state index is 11.1. The quantitative estimate of drug-likeness (QED) is 0.783. The number of benzene rings is 1. The Balaban J connectivity index is 2.49. The van der Waals surface area contributed by atoms with Crippen LogP contribution in [0.2, 0.25) is 0 Å². The zero-order chi connectivity index (χ0) is 14.7. The molecule has 0 saturated carbocycles. The van der Waals surface area contributed by atoms with Crippen molar-refractivity contribution >= 4 is 11.9 Å². The van der Waals surface area contributed by atoms with Gasteiger partial charge in [-0.05, 0) is 5.56 Å². The summed E-state index contributed by atoms with van der Waals surface area (Å²) in [5.74, 6) is -3.56. The third-order valence-corrected chi connectivity index (χ3v) is 2.79. The fourth-order valence-corrected chi connectivity index (χ4v) is 1.84. The Hall–Kier alpha value is -2.89. The topological polar surface area (TPSA) is 108 Å². The van der Waals surface area contributed by atoms with Crippen LogP contribution in [0.15, 0.2) is 36.5 Å². The summed E-state index contributed by atoms with van der Waals surface area (Å²) in [4.78, 5) is 25.9. The molecule has 1 aromatic heterocycles. The second kappa shape index (κ2) is 5.40. The average molecular weight is 273 g/mol. The van der Waals surface area contributed by atoms with Gasteiger partial charge in [0.15, 0.2) is 5.75 Å². The molecular formula is C14H11NO5. The van der Waals surface area contributed by atoms with Gasteiger partial charge in [0.05, 0.1) is 11.3 Å². The van der Waals surface area contributed by atoms with Crippen molar-refractivity contribution in [3.05, 3.63) is 58.9 Å². The first-order valence-electron chi connectivity index (χ1n) is 5.72. The lowest BCUT2D eigenvalue weighted by atomic mass is 10.0. The predicted octanol–water partition coefficient (Wildman–Crippen LogP) is 1.77. The van der Waals surface area contributed by atoms with Gasteiger partial charge in [-0.2, -0.15) is 0 Å². The highest BCUT2D eigenvalue weighted by Crippen LogP contribution is 2.26. The average Bonchev–Trinajstić information content (AvgIpc) is 2.41. The van der Waals surface area contributed by atoms with Crippen molar-refractivity contribution in [3.63, 3.8) is 0 Å². The van der Waals surface area contributed by atoms with Crippen LogP contribution in [0.5, 0.6) is 5.75 Å². The summed E-state index contributed by atoms with van der Waals surface area (Å²) in [7, 11) is 0. The molecular weight excluding hydrogens is 262 g/mol. The Morgan fingerprint density at radius 2 is 1.70 bits per heavy atom. The number of hydrogen-bond donors (Lipinski definition) is 3. The number of hydrogen-bond acceptors (Lipinski definition) is 4. The molecule has 0 saturated heterocycles. The van der Waals surface area contributed by atoms with E-state index in [-0.39, 0.29) is 12.1 Å². The van der Waals surface area contributed by atoms with Gasteiger partial charge in [0.25, 0.3) is 0 Å². The zero-order valence-corrected chi connectivity index (χ0v) is 10.3. The molecule has 6 nitrogen and oxygen atoms in total. The van der Waals surface area contributed by atoms with Crippen LogP contribution in [0.25, 0.3) is 0 Å². The first kappa shape index (κ1) is 13.5. The minimum Gasteiger partial charge on any atom is -0.505 e. The molecule has 0 aliphatic heterocycles. The maximum Gasteiger partial charge on any atom is 0.340 e. The SMILES string of the molecule is O=C(O)c1cnc(Cc2ccccc2)c(O)c1C(=O)O. The van der Waals surface area contributed by atoms with Crippen LogP contribution in [0.4, 0.5) is 0 Å². The van der Waals surface area contributed by atoms with Crippen LogP contribution < -0.4 is 0 Å². The minimum atomic E-state index is -1.50. The molecule has 0 aliphatic rings. The Bertz CT molecular complexity index is 667. The van der Waals surface area contributed by atoms with Crippen molar-refractivity contribution in [2.75, 3.05) is 0 Å². The van der Waals surface area contributed by atoms with Gasteiger partial charge in [-0.1, -0.05) is 30.3 Å². The van der Waals surface area contributed by atoms with Crippen molar-refractivity contribution in [3.8, 4) is 5.75 Å². The number of pyridine rings is 1. The van der Waals surface area contributed by atoms with Gasteiger partial charge >= 0.3 is 11.9 Å². The Morgan fingerprint density at radius 3 is 2.25 bits per heavy atom. The van der Waals surface area contributed by atoms with Gasteiger partial charge in [0, 0.05) is 12.6 Å². The van der Waals surface area contributed by atoms with E-state index in [1.807, 2.05) is 6.07 Å². The molecule has 0 amide bonds. The molecule has 6 heteroatoms. The van der Waals surface area contributed by atoms with Crippen LogP contribution in [0, 0.1) is 0 Å². The molecule has 2 aromatic rings. The highest BCUT2D eigenvalue weighted by molar-refractivity contribution is 6.03. The largest absolute Gasteiger partial charge is 0.505 e. The molecule has 1 heterocycles. The fourth-order valence-electron chi connectivity index (χ4n) is 1.84. The Kier molecular flexibility index (Phi) is 3.65. The highest BCUT2D eigenvalue weighted by Gasteiger charge is 2.23. The molecule has 2 rings (SSSR count). The number of carboxylic acids is 2. The molecule has 0 unspecified atom stereocenters. The van der Waals surface area contributed by atoms with Crippen molar-refractivity contribution in [1.29, 1.82) is 0 Å². The normalized spacial score (nSPS) is 10.2. The van der Waals surface area contributed by atoms with Crippen molar-refractivity contribution in [1.82, 2.24) is 4.98 Å². The second-order valence-corrected chi connectivity index (χ2v) is 4.11. The van der Waals surface area contributed by atoms with E-state index in [4.69, 9.17) is 10.2 Å². The smallest absolute Gasteiger partial charge is 0.340 e. The summed E-state index contributed by atoms with van der Waals surface area (Å²) in [6, 6.07) is 9.03. The van der Waals surface area contributed by atoms with E-state index in [2.05, 4.69) is 4.98 Å². The maximum atomic E-state index is 11.1. The minimum absolute atomic E-state index is 0.124. The van der Waals surface area contributed by atoms with Crippen LogP contribution in [0.1, 0.15) is 32.0 Å². The van der Waals surface area contributed by atoms with Gasteiger partial charge in [-0.3, -0.25) is 4.98 Å². The van der Waals surface area contributed by atoms with Crippen molar-refractivity contribution < 1.29 is 24.9 Å². The highest BCUT2D eigenvalue weighted by atomic mass is 16.4. The lowest BCUT2D eigenvalue weighted by Gasteiger charge is -2.09. The Morgan fingerprint density at radius 1 is 1.05 bits per heavy atom. The number of rotatable bonds is 4. The standard InChI is InChI=1S/C14H11NO5/c16-12-10(6-8-4-2-1-3-5-8)15-7-9(13(17)18)11(12)14(19)20/h1-5,7,16H,6H2,(H,17,18)(H,19,20). The molecule has 3 N–H and O–H groups in total. The molecule has 0 atom stereocenters. The summed E-state index contributed by atoms with van der Waals surface area (Å²) in [6.07, 6.45) is 1.16. The van der Waals surface area contributed by atoms with Crippen LogP contribution >= 0.6 is 0 Å². The van der Waals surface area contributed by atoms with Crippen LogP contribution in [-0.2, 0) is 6.42 Å². The molecule has 102 valence electrons. The monoisotopic (exact) mass is 273 g/mol. The summed E-state index contributed by atoms with van der Waals surface area (Å²) < 4.78 is 0. The molecule has 0 aliphatic carbocycles. The lowest BCUT2D eigenvalue weighted by molar-refractivity contribution is 0.0647. The van der Waals surface area contributed by atoms with E-state index >= 15 is 0 Å². The Labute approximate surface area is 114 Å². The summed E-state index contributed by atoms with van der Waals surface area (Å²) in [5.41, 5.74) is -0.224. The molecule has 20 heavy (non-hydrogen) atoms. The number of nitrogens with zero attached hydrogens (tertiary/aromatic N) is 1. The predicted molar refractivity (Wildman–Crippen MR) is 69.1 cm³/mol. The van der Waals surface area contributed by atoms with Crippen LogP contribution in [-0.4, -0.2) is 32.2 Å². The zero-order valence-electron chi connectivity index (χ0n) is 10.3. The molecule has 0 fully saturated rings. The number of carboxylic acid groups (broad SMARTS) is 2. The number of carbonyl (C=O) groups is 2. The molecule has 1 aromatic carbocycles. The first-order chi connectivity index (χ1) is 9.50. The fraction of sp³-hybridized carbons (Fsp3) is 0.0714. The van der Waals surface area contributed by atoms with Crippen LogP contribution in [0.3, 0.4) is 0 Å². The lowest BCUT2D eigenvalue weighted by Crippen LogP contribution is -2.11.